The van der Waals surface area contributed by atoms with Crippen LogP contribution < -0.4 is 16.4 Å². The van der Waals surface area contributed by atoms with E-state index in [1.54, 1.807) is 0 Å². The lowest BCUT2D eigenvalue weighted by Crippen LogP contribution is -2.52. The fourth-order valence-electron chi connectivity index (χ4n) is 1.65. The first kappa shape index (κ1) is 16.6. The van der Waals surface area contributed by atoms with Crippen LogP contribution in [0, 0.1) is 0 Å². The molecule has 21 heavy (non-hydrogen) atoms. The lowest BCUT2D eigenvalue weighted by Gasteiger charge is -2.19. The van der Waals surface area contributed by atoms with Crippen LogP contribution in [0.25, 0.3) is 0 Å². The van der Waals surface area contributed by atoms with Crippen molar-refractivity contribution in [1.82, 2.24) is 10.6 Å². The summed E-state index contributed by atoms with van der Waals surface area (Å²) in [5.41, 5.74) is 6.31. The maximum absolute atomic E-state index is 12.0. The normalized spacial score (nSPS) is 13.0. The van der Waals surface area contributed by atoms with Crippen LogP contribution >= 0.6 is 0 Å². The first-order chi connectivity index (χ1) is 9.90. The lowest BCUT2D eigenvalue weighted by molar-refractivity contribution is -0.138. The molecule has 0 fully saturated rings. The van der Waals surface area contributed by atoms with Crippen LogP contribution in [0.1, 0.15) is 12.5 Å². The monoisotopic (exact) mass is 293 g/mol. The van der Waals surface area contributed by atoms with Gasteiger partial charge in [-0.25, -0.2) is 0 Å². The summed E-state index contributed by atoms with van der Waals surface area (Å²) in [7, 11) is 0. The van der Waals surface area contributed by atoms with Gasteiger partial charge in [0, 0.05) is 6.42 Å². The Labute approximate surface area is 122 Å². The number of carbonyl (C=O) groups is 3. The van der Waals surface area contributed by atoms with Gasteiger partial charge in [-0.2, -0.15) is 0 Å². The van der Waals surface area contributed by atoms with Crippen molar-refractivity contribution < 1.29 is 19.5 Å². The quantitative estimate of drug-likeness (QED) is 0.527. The molecule has 114 valence electrons. The minimum absolute atomic E-state index is 0.255. The zero-order chi connectivity index (χ0) is 15.8. The Hall–Kier alpha value is -2.41. The molecule has 7 heteroatoms. The fraction of sp³-hybridized carbons (Fsp3) is 0.357. The molecule has 0 aliphatic rings. The van der Waals surface area contributed by atoms with Crippen molar-refractivity contribution in [3.8, 4) is 0 Å². The second-order valence-corrected chi connectivity index (χ2v) is 4.65. The highest BCUT2D eigenvalue weighted by Crippen LogP contribution is 2.04. The van der Waals surface area contributed by atoms with Crippen LogP contribution in [-0.4, -0.2) is 41.5 Å². The summed E-state index contributed by atoms with van der Waals surface area (Å²) in [4.78, 5) is 34.1. The molecule has 0 saturated carbocycles. The van der Waals surface area contributed by atoms with Crippen LogP contribution in [0.3, 0.4) is 0 Å². The number of benzene rings is 1. The van der Waals surface area contributed by atoms with Crippen LogP contribution in [-0.2, 0) is 20.8 Å². The highest BCUT2D eigenvalue weighted by molar-refractivity contribution is 5.91. The van der Waals surface area contributed by atoms with Gasteiger partial charge in [0.25, 0.3) is 0 Å². The van der Waals surface area contributed by atoms with Gasteiger partial charge >= 0.3 is 5.97 Å². The van der Waals surface area contributed by atoms with Crippen molar-refractivity contribution in [2.24, 2.45) is 5.73 Å². The van der Waals surface area contributed by atoms with Crippen LogP contribution in [0.15, 0.2) is 30.3 Å². The lowest BCUT2D eigenvalue weighted by atomic mass is 10.0. The van der Waals surface area contributed by atoms with Crippen LogP contribution in [0.2, 0.25) is 0 Å². The number of amides is 2. The smallest absolute Gasteiger partial charge is 0.322 e. The average Bonchev–Trinajstić information content (AvgIpc) is 2.44. The van der Waals surface area contributed by atoms with Gasteiger partial charge in [-0.15, -0.1) is 0 Å². The molecular weight excluding hydrogens is 274 g/mol. The van der Waals surface area contributed by atoms with E-state index in [4.69, 9.17) is 10.8 Å². The van der Waals surface area contributed by atoms with E-state index in [2.05, 4.69) is 10.6 Å². The predicted molar refractivity (Wildman–Crippen MR) is 76.4 cm³/mol. The van der Waals surface area contributed by atoms with Gasteiger partial charge in [0.15, 0.2) is 0 Å². The number of carboxylic acids is 1. The topological polar surface area (TPSA) is 122 Å². The van der Waals surface area contributed by atoms with Gasteiger partial charge in [0.2, 0.25) is 11.8 Å². The van der Waals surface area contributed by atoms with Crippen molar-refractivity contribution in [1.29, 1.82) is 0 Å². The number of hydrogen-bond acceptors (Lipinski definition) is 4. The fourth-order valence-corrected chi connectivity index (χ4v) is 1.65. The molecule has 0 spiro atoms. The Bertz CT molecular complexity index is 502. The number of hydrogen-bond donors (Lipinski definition) is 4. The van der Waals surface area contributed by atoms with E-state index < -0.39 is 36.4 Å². The molecule has 1 rings (SSSR count). The van der Waals surface area contributed by atoms with Gasteiger partial charge in [0.1, 0.15) is 12.6 Å². The molecule has 0 heterocycles. The zero-order valence-corrected chi connectivity index (χ0v) is 11.7. The van der Waals surface area contributed by atoms with Crippen LogP contribution in [0.4, 0.5) is 0 Å². The maximum Gasteiger partial charge on any atom is 0.322 e. The molecule has 7 nitrogen and oxygen atoms in total. The van der Waals surface area contributed by atoms with Gasteiger partial charge in [-0.3, -0.25) is 14.4 Å². The first-order valence-corrected chi connectivity index (χ1v) is 6.49. The van der Waals surface area contributed by atoms with Gasteiger partial charge in [-0.1, -0.05) is 30.3 Å². The zero-order valence-electron chi connectivity index (χ0n) is 11.7. The predicted octanol–water partition coefficient (Wildman–Crippen LogP) is -0.738. The Morgan fingerprint density at radius 3 is 2.33 bits per heavy atom. The van der Waals surface area contributed by atoms with E-state index in [1.165, 1.54) is 6.92 Å². The van der Waals surface area contributed by atoms with Gasteiger partial charge in [0.05, 0.1) is 6.04 Å². The van der Waals surface area contributed by atoms with E-state index in [-0.39, 0.29) is 6.42 Å². The summed E-state index contributed by atoms with van der Waals surface area (Å²) in [5.74, 6) is -2.18. The summed E-state index contributed by atoms with van der Waals surface area (Å²) < 4.78 is 0. The van der Waals surface area contributed by atoms with Crippen molar-refractivity contribution >= 4 is 17.8 Å². The summed E-state index contributed by atoms with van der Waals surface area (Å²) in [6.45, 7) is 1.00. The maximum atomic E-state index is 12.0. The molecule has 0 bridgehead atoms. The molecule has 1 aromatic carbocycles. The minimum atomic E-state index is -1.15. The van der Waals surface area contributed by atoms with Gasteiger partial charge in [-0.05, 0) is 12.5 Å². The van der Waals surface area contributed by atoms with E-state index in [0.717, 1.165) is 5.56 Å². The Kier molecular flexibility index (Phi) is 6.35. The number of rotatable bonds is 7. The van der Waals surface area contributed by atoms with Crippen molar-refractivity contribution in [3.05, 3.63) is 35.9 Å². The molecule has 2 atom stereocenters. The largest absolute Gasteiger partial charge is 0.480 e. The summed E-state index contributed by atoms with van der Waals surface area (Å²) in [6, 6.07) is 7.47. The molecule has 0 aromatic heterocycles. The molecule has 1 aromatic rings. The molecule has 0 saturated heterocycles. The summed E-state index contributed by atoms with van der Waals surface area (Å²) >= 11 is 0. The second kappa shape index (κ2) is 8.01. The van der Waals surface area contributed by atoms with Crippen molar-refractivity contribution in [2.45, 2.75) is 25.4 Å². The Morgan fingerprint density at radius 1 is 1.19 bits per heavy atom. The molecule has 0 radical (unpaired) electrons. The molecule has 2 amide bonds. The average molecular weight is 293 g/mol. The molecule has 5 N–H and O–H groups in total. The molecular formula is C14H19N3O4. The third-order valence-corrected chi connectivity index (χ3v) is 2.74. The van der Waals surface area contributed by atoms with E-state index in [9.17, 15) is 14.4 Å². The third-order valence-electron chi connectivity index (χ3n) is 2.74. The van der Waals surface area contributed by atoms with E-state index in [0.29, 0.717) is 0 Å². The SMILES string of the molecule is CC(N)C(=O)NC(Cc1ccccc1)C(=O)NCC(=O)O. The molecule has 2 unspecified atom stereocenters. The van der Waals surface area contributed by atoms with Gasteiger partial charge < -0.3 is 21.5 Å². The number of nitrogens with two attached hydrogens (primary N) is 1. The Morgan fingerprint density at radius 2 is 1.81 bits per heavy atom. The van der Waals surface area contributed by atoms with Crippen molar-refractivity contribution in [3.63, 3.8) is 0 Å². The summed E-state index contributed by atoms with van der Waals surface area (Å²) in [5, 5.41) is 13.4. The van der Waals surface area contributed by atoms with E-state index in [1.807, 2.05) is 30.3 Å². The highest BCUT2D eigenvalue weighted by atomic mass is 16.4. The first-order valence-electron chi connectivity index (χ1n) is 6.49. The highest BCUT2D eigenvalue weighted by Gasteiger charge is 2.22. The standard InChI is InChI=1S/C14H19N3O4/c1-9(15)13(20)17-11(14(21)16-8-12(18)19)7-10-5-3-2-4-6-10/h2-6,9,11H,7-8,15H2,1H3,(H,16,21)(H,17,20)(H,18,19). The Balaban J connectivity index is 2.76. The number of nitrogens with one attached hydrogen (secondary N) is 2. The molecule has 0 aliphatic heterocycles. The van der Waals surface area contributed by atoms with Crippen molar-refractivity contribution in [2.75, 3.05) is 6.54 Å². The number of carboxylic acid groups (broad SMARTS) is 1. The minimum Gasteiger partial charge on any atom is -0.480 e. The van der Waals surface area contributed by atoms with E-state index >= 15 is 0 Å². The van der Waals surface area contributed by atoms with Crippen LogP contribution in [0.5, 0.6) is 0 Å². The second-order valence-electron chi connectivity index (χ2n) is 4.65. The summed E-state index contributed by atoms with van der Waals surface area (Å²) in [6.07, 6.45) is 0.255. The number of aliphatic carboxylic acids is 1. The number of carbonyl (C=O) groups excluding carboxylic acids is 2. The molecule has 0 aliphatic carbocycles. The third kappa shape index (κ3) is 6.05.